The van der Waals surface area contributed by atoms with Crippen molar-refractivity contribution in [2.24, 2.45) is 0 Å². The van der Waals surface area contributed by atoms with Crippen LogP contribution in [0.15, 0.2) is 78.9 Å². The quantitative estimate of drug-likeness (QED) is 0.432. The molecule has 0 atom stereocenters. The predicted octanol–water partition coefficient (Wildman–Crippen LogP) is 2.85. The maximum absolute atomic E-state index is 12.5. The van der Waals surface area contributed by atoms with Crippen molar-refractivity contribution >= 4 is 41.4 Å². The summed E-state index contributed by atoms with van der Waals surface area (Å²) < 4.78 is 14.8. The maximum atomic E-state index is 12.5. The Morgan fingerprint density at radius 1 is 0.586 bits per heavy atom. The molecule has 0 heterocycles. The van der Waals surface area contributed by atoms with Crippen molar-refractivity contribution in [1.29, 1.82) is 0 Å². The van der Waals surface area contributed by atoms with Gasteiger partial charge in [0, 0.05) is 0 Å². The molecule has 4 nitrogen and oxygen atoms in total. The molecule has 0 aliphatic carbocycles. The van der Waals surface area contributed by atoms with Gasteiger partial charge in [-0.05, 0) is 0 Å². The van der Waals surface area contributed by atoms with Gasteiger partial charge in [0.2, 0.25) is 0 Å². The fourth-order valence-electron chi connectivity index (χ4n) is 3.60. The van der Waals surface area contributed by atoms with Crippen LogP contribution in [0.2, 0.25) is 0 Å². The monoisotopic (exact) mass is 586 g/mol. The first-order valence-corrected chi connectivity index (χ1v) is 17.5. The molecule has 29 heavy (non-hydrogen) atoms. The van der Waals surface area contributed by atoms with E-state index in [2.05, 4.69) is 0 Å². The summed E-state index contributed by atoms with van der Waals surface area (Å²) in [6.45, 7) is 6.70. The summed E-state index contributed by atoms with van der Waals surface area (Å²) in [6, 6.07) is 24.9. The van der Waals surface area contributed by atoms with E-state index in [0.717, 1.165) is 20.9 Å². The van der Waals surface area contributed by atoms with Crippen LogP contribution in [0.1, 0.15) is 25.0 Å². The molecule has 0 bridgehead atoms. The van der Waals surface area contributed by atoms with E-state index in [0.29, 0.717) is 0 Å². The van der Waals surface area contributed by atoms with E-state index in [4.69, 9.17) is 5.63 Å². The third kappa shape index (κ3) is 3.72. The SMILES string of the molecule is CC(=O)[O][Bi]([O]C(C)=O)([c]1ccccc1)([c]1ccc(C)cc1)[c]1ccc(C)cc1. The molecule has 0 aromatic heterocycles. The van der Waals surface area contributed by atoms with Crippen LogP contribution < -0.4 is 9.81 Å². The van der Waals surface area contributed by atoms with E-state index < -0.39 is 31.6 Å². The molecule has 0 unspecified atom stereocenters. The number of carbonyl (C=O) groups is 2. The van der Waals surface area contributed by atoms with E-state index in [9.17, 15) is 9.59 Å². The van der Waals surface area contributed by atoms with Crippen molar-refractivity contribution in [2.75, 3.05) is 0 Å². The van der Waals surface area contributed by atoms with Crippen LogP contribution >= 0.6 is 0 Å². The number of hydrogen-bond acceptors (Lipinski definition) is 4. The standard InChI is InChI=1S/2C7H7.C6H5.2C2H4O2.Bi/c2*1-7-5-3-2-4-6-7;1-2-4-6-5-3-1;2*1-2(3)4;/h2*3-6H,1H3;1-5H;2*1H3,(H,3,4);/q;;;;;+2/p-2. The van der Waals surface area contributed by atoms with Gasteiger partial charge in [-0.1, -0.05) is 0 Å². The molecule has 0 saturated carbocycles. The number of carbonyl (C=O) groups excluding carboxylic acids is 2. The second-order valence-corrected chi connectivity index (χ2v) is 22.0. The molecular weight excluding hydrogens is 561 g/mol. The third-order valence-electron chi connectivity index (χ3n) is 4.84. The third-order valence-corrected chi connectivity index (χ3v) is 24.0. The van der Waals surface area contributed by atoms with Gasteiger partial charge >= 0.3 is 174 Å². The van der Waals surface area contributed by atoms with Crippen LogP contribution in [-0.2, 0) is 15.2 Å². The van der Waals surface area contributed by atoms with Crippen LogP contribution in [0, 0.1) is 13.8 Å². The van der Waals surface area contributed by atoms with Gasteiger partial charge in [0.15, 0.2) is 0 Å². The Morgan fingerprint density at radius 3 is 1.28 bits per heavy atom. The summed E-state index contributed by atoms with van der Waals surface area (Å²) in [7, 11) is 0. The van der Waals surface area contributed by atoms with Crippen LogP contribution in [-0.4, -0.2) is 31.6 Å². The first-order chi connectivity index (χ1) is 13.8. The summed E-state index contributed by atoms with van der Waals surface area (Å²) in [4.78, 5) is 25.1. The van der Waals surface area contributed by atoms with Crippen molar-refractivity contribution in [2.45, 2.75) is 27.7 Å². The molecule has 0 fully saturated rings. The summed E-state index contributed by atoms with van der Waals surface area (Å²) in [5.74, 6) is -0.965. The van der Waals surface area contributed by atoms with Gasteiger partial charge in [-0.15, -0.1) is 0 Å². The van der Waals surface area contributed by atoms with Crippen LogP contribution in [0.4, 0.5) is 0 Å². The Bertz CT molecular complexity index is 959. The Balaban J connectivity index is 2.56. The first kappa shape index (κ1) is 21.2. The molecule has 3 rings (SSSR count). The number of rotatable bonds is 5. The second-order valence-electron chi connectivity index (χ2n) is 7.13. The van der Waals surface area contributed by atoms with Gasteiger partial charge in [-0.2, -0.15) is 0 Å². The molecule has 0 aliphatic rings. The molecule has 150 valence electrons. The van der Waals surface area contributed by atoms with Gasteiger partial charge in [-0.25, -0.2) is 0 Å². The average molecular weight is 586 g/mol. The van der Waals surface area contributed by atoms with Gasteiger partial charge in [-0.3, -0.25) is 0 Å². The average Bonchev–Trinajstić information content (AvgIpc) is 2.68. The Labute approximate surface area is 173 Å². The molecule has 0 spiro atoms. The first-order valence-electron chi connectivity index (χ1n) is 9.41. The molecule has 5 heteroatoms. The van der Waals surface area contributed by atoms with E-state index >= 15 is 0 Å². The summed E-state index contributed by atoms with van der Waals surface area (Å²) >= 11 is -5.68. The zero-order valence-electron chi connectivity index (χ0n) is 17.1. The van der Waals surface area contributed by atoms with Crippen LogP contribution in [0.5, 0.6) is 0 Å². The van der Waals surface area contributed by atoms with Crippen molar-refractivity contribution in [3.63, 3.8) is 0 Å². The molecule has 3 aromatic rings. The molecule has 0 N–H and O–H groups in total. The number of hydrogen-bond donors (Lipinski definition) is 0. The normalized spacial score (nSPS) is 12.5. The van der Waals surface area contributed by atoms with E-state index in [-0.39, 0.29) is 0 Å². The van der Waals surface area contributed by atoms with E-state index in [1.54, 1.807) is 0 Å². The molecule has 0 amide bonds. The Kier molecular flexibility index (Phi) is 5.91. The van der Waals surface area contributed by atoms with Crippen molar-refractivity contribution in [3.05, 3.63) is 90.0 Å². The van der Waals surface area contributed by atoms with Crippen LogP contribution in [0.3, 0.4) is 0 Å². The van der Waals surface area contributed by atoms with Crippen molar-refractivity contribution in [3.8, 4) is 0 Å². The van der Waals surface area contributed by atoms with E-state index in [1.165, 1.54) is 13.8 Å². The molecule has 3 aromatic carbocycles. The summed E-state index contributed by atoms with van der Waals surface area (Å²) in [6.07, 6.45) is 0. The zero-order chi connectivity index (χ0) is 21.1. The summed E-state index contributed by atoms with van der Waals surface area (Å²) in [5.41, 5.74) is 2.12. The fraction of sp³-hybridized carbons (Fsp3) is 0.167. The number of benzene rings is 3. The van der Waals surface area contributed by atoms with Gasteiger partial charge in [0.05, 0.1) is 0 Å². The topological polar surface area (TPSA) is 52.6 Å². The fourth-order valence-corrected chi connectivity index (χ4v) is 21.6. The van der Waals surface area contributed by atoms with Gasteiger partial charge < -0.3 is 0 Å². The van der Waals surface area contributed by atoms with E-state index in [1.807, 2.05) is 92.7 Å². The van der Waals surface area contributed by atoms with Crippen molar-refractivity contribution in [1.82, 2.24) is 0 Å². The Morgan fingerprint density at radius 2 is 0.931 bits per heavy atom. The number of aryl methyl sites for hydroxylation is 2. The van der Waals surface area contributed by atoms with Gasteiger partial charge in [0.25, 0.3) is 0 Å². The summed E-state index contributed by atoms with van der Waals surface area (Å²) in [5, 5.41) is 0. The minimum absolute atomic E-state index is 0.482. The minimum atomic E-state index is -5.68. The van der Waals surface area contributed by atoms with Crippen molar-refractivity contribution < 1.29 is 15.2 Å². The predicted molar refractivity (Wildman–Crippen MR) is 117 cm³/mol. The molecule has 0 aliphatic heterocycles. The molecular formula is C24H25BiO4. The molecule has 0 radical (unpaired) electrons. The zero-order valence-corrected chi connectivity index (χ0v) is 20.6. The van der Waals surface area contributed by atoms with Gasteiger partial charge in [0.1, 0.15) is 0 Å². The molecule has 0 saturated heterocycles. The second kappa shape index (κ2) is 8.08. The van der Waals surface area contributed by atoms with Crippen LogP contribution in [0.25, 0.3) is 0 Å². The Hall–Kier alpha value is -2.52.